The molecule has 0 atom stereocenters. The van der Waals surface area contributed by atoms with Crippen molar-refractivity contribution in [1.82, 2.24) is 29.9 Å². The fourth-order valence-corrected chi connectivity index (χ4v) is 3.67. The van der Waals surface area contributed by atoms with E-state index in [-0.39, 0.29) is 0 Å². The van der Waals surface area contributed by atoms with Crippen LogP contribution in [0.3, 0.4) is 0 Å². The minimum Gasteiger partial charge on any atom is -0.264 e. The molecule has 0 N–H and O–H groups in total. The zero-order valence-corrected chi connectivity index (χ0v) is 26.8. The zero-order valence-electron chi connectivity index (χ0n) is 26.8. The van der Waals surface area contributed by atoms with Crippen LogP contribution < -0.4 is 0 Å². The Morgan fingerprint density at radius 1 is 0.525 bits per heavy atom. The molecular formula is C34H50N6. The van der Waals surface area contributed by atoms with Gasteiger partial charge in [-0.15, -0.1) is 0 Å². The van der Waals surface area contributed by atoms with Crippen LogP contribution >= 0.6 is 0 Å². The zero-order chi connectivity index (χ0) is 30.2. The standard InChI is InChI=1S/C9H14N2.C9H13N.C8H12N2.C8H11N/c1-6(2)9-5-10-8(4)11-7(9)3;1-7(2)9-5-4-8(3)10-6-9;1-6(2)8-4-9-5-10-7(8)3;1-7(2)8-4-3-5-9-6-8/h5-6H,1-4H3;4-7H,1-3H3;4-6H,1-3H3;3-7H,1-2H3. The van der Waals surface area contributed by atoms with Gasteiger partial charge >= 0.3 is 0 Å². The molecule has 0 radical (unpaired) electrons. The first-order valence-electron chi connectivity index (χ1n) is 14.2. The Kier molecular flexibility index (Phi) is 15.5. The van der Waals surface area contributed by atoms with Gasteiger partial charge in [0.15, 0.2) is 0 Å². The molecule has 4 aromatic rings. The van der Waals surface area contributed by atoms with Gasteiger partial charge in [0.1, 0.15) is 12.2 Å². The van der Waals surface area contributed by atoms with Gasteiger partial charge in [-0.1, -0.05) is 67.5 Å². The van der Waals surface area contributed by atoms with Crippen molar-refractivity contribution in [2.24, 2.45) is 0 Å². The Morgan fingerprint density at radius 2 is 1.12 bits per heavy atom. The topological polar surface area (TPSA) is 77.3 Å². The molecule has 0 aliphatic carbocycles. The summed E-state index contributed by atoms with van der Waals surface area (Å²) in [4.78, 5) is 24.7. The molecule has 6 nitrogen and oxygen atoms in total. The van der Waals surface area contributed by atoms with E-state index in [1.807, 2.05) is 58.5 Å². The van der Waals surface area contributed by atoms with E-state index in [0.717, 1.165) is 22.9 Å². The third kappa shape index (κ3) is 13.0. The molecule has 0 unspecified atom stereocenters. The van der Waals surface area contributed by atoms with Crippen molar-refractivity contribution in [2.75, 3.05) is 0 Å². The van der Waals surface area contributed by atoms with E-state index in [9.17, 15) is 0 Å². The van der Waals surface area contributed by atoms with Crippen molar-refractivity contribution < 1.29 is 0 Å². The van der Waals surface area contributed by atoms with E-state index >= 15 is 0 Å². The Balaban J connectivity index is 0.000000267. The minimum absolute atomic E-state index is 0.524. The van der Waals surface area contributed by atoms with Crippen LogP contribution in [0.5, 0.6) is 0 Å². The molecule has 0 saturated heterocycles. The fourth-order valence-electron chi connectivity index (χ4n) is 3.67. The highest BCUT2D eigenvalue weighted by Crippen LogP contribution is 2.16. The van der Waals surface area contributed by atoms with Crippen molar-refractivity contribution in [1.29, 1.82) is 0 Å². The van der Waals surface area contributed by atoms with Crippen LogP contribution in [0.15, 0.2) is 61.6 Å². The predicted octanol–water partition coefficient (Wildman–Crippen LogP) is 8.84. The number of hydrogen-bond donors (Lipinski definition) is 0. The van der Waals surface area contributed by atoms with Crippen LogP contribution in [0.2, 0.25) is 0 Å². The predicted molar refractivity (Wildman–Crippen MR) is 168 cm³/mol. The summed E-state index contributed by atoms with van der Waals surface area (Å²) in [7, 11) is 0. The van der Waals surface area contributed by atoms with E-state index in [4.69, 9.17) is 0 Å². The summed E-state index contributed by atoms with van der Waals surface area (Å²) < 4.78 is 0. The lowest BCUT2D eigenvalue weighted by atomic mass is 10.0. The Hall–Kier alpha value is -3.54. The van der Waals surface area contributed by atoms with Crippen molar-refractivity contribution in [2.45, 2.75) is 107 Å². The van der Waals surface area contributed by atoms with E-state index in [0.29, 0.717) is 23.7 Å². The summed E-state index contributed by atoms with van der Waals surface area (Å²) in [6.45, 7) is 25.2. The van der Waals surface area contributed by atoms with Crippen LogP contribution in [-0.4, -0.2) is 29.9 Å². The Morgan fingerprint density at radius 3 is 1.52 bits per heavy atom. The average molecular weight is 543 g/mol. The summed E-state index contributed by atoms with van der Waals surface area (Å²) in [5, 5.41) is 0. The Labute approximate surface area is 243 Å². The fraction of sp³-hybridized carbons (Fsp3) is 0.471. The van der Waals surface area contributed by atoms with Crippen LogP contribution in [0.1, 0.15) is 124 Å². The van der Waals surface area contributed by atoms with E-state index in [2.05, 4.69) is 103 Å². The molecule has 0 fully saturated rings. The van der Waals surface area contributed by atoms with Gasteiger partial charge in [0.05, 0.1) is 0 Å². The summed E-state index contributed by atoms with van der Waals surface area (Å²) in [6.07, 6.45) is 11.0. The number of hydrogen-bond acceptors (Lipinski definition) is 6. The first kappa shape index (κ1) is 34.5. The third-order valence-corrected chi connectivity index (χ3v) is 6.28. The minimum atomic E-state index is 0.524. The maximum atomic E-state index is 4.28. The van der Waals surface area contributed by atoms with Crippen molar-refractivity contribution in [3.63, 3.8) is 0 Å². The van der Waals surface area contributed by atoms with Gasteiger partial charge < -0.3 is 0 Å². The summed E-state index contributed by atoms with van der Waals surface area (Å²) >= 11 is 0. The average Bonchev–Trinajstić information content (AvgIpc) is 2.90. The maximum Gasteiger partial charge on any atom is 0.125 e. The van der Waals surface area contributed by atoms with E-state index in [1.54, 1.807) is 12.5 Å². The summed E-state index contributed by atoms with van der Waals surface area (Å²) in [5.74, 6) is 3.09. The molecule has 0 aliphatic rings. The van der Waals surface area contributed by atoms with Crippen molar-refractivity contribution >= 4 is 0 Å². The lowest BCUT2D eigenvalue weighted by molar-refractivity contribution is 0.819. The molecular weight excluding hydrogens is 492 g/mol. The van der Waals surface area contributed by atoms with E-state index in [1.165, 1.54) is 22.3 Å². The monoisotopic (exact) mass is 542 g/mol. The number of aryl methyl sites for hydroxylation is 4. The number of rotatable bonds is 4. The largest absolute Gasteiger partial charge is 0.264 e. The second-order valence-corrected chi connectivity index (χ2v) is 11.2. The van der Waals surface area contributed by atoms with E-state index < -0.39 is 0 Å². The van der Waals surface area contributed by atoms with Gasteiger partial charge in [-0.25, -0.2) is 19.9 Å². The SMILES string of the molecule is CC(C)c1cccnc1.Cc1ccc(C(C)C)cn1.Cc1ncc(C(C)C)c(C)n1.Cc1ncncc1C(C)C. The molecule has 216 valence electrons. The first-order valence-corrected chi connectivity index (χ1v) is 14.2. The molecule has 0 amide bonds. The summed E-state index contributed by atoms with van der Waals surface area (Å²) in [5.41, 5.74) is 8.38. The molecule has 6 heteroatoms. The van der Waals surface area contributed by atoms with Crippen molar-refractivity contribution in [3.05, 3.63) is 107 Å². The van der Waals surface area contributed by atoms with Crippen LogP contribution in [0.25, 0.3) is 0 Å². The second-order valence-electron chi connectivity index (χ2n) is 11.2. The second kappa shape index (κ2) is 17.9. The van der Waals surface area contributed by atoms with Gasteiger partial charge in [0.2, 0.25) is 0 Å². The highest BCUT2D eigenvalue weighted by Gasteiger charge is 2.04. The quantitative estimate of drug-likeness (QED) is 0.256. The molecule has 4 rings (SSSR count). The van der Waals surface area contributed by atoms with Crippen molar-refractivity contribution in [3.8, 4) is 0 Å². The normalized spacial score (nSPS) is 10.4. The van der Waals surface area contributed by atoms with Gasteiger partial charge in [-0.3, -0.25) is 9.97 Å². The van der Waals surface area contributed by atoms with Crippen LogP contribution in [0, 0.1) is 27.7 Å². The molecule has 0 aliphatic heterocycles. The van der Waals surface area contributed by atoms with Gasteiger partial charge in [-0.2, -0.15) is 0 Å². The lowest BCUT2D eigenvalue weighted by Crippen LogP contribution is -1.98. The van der Waals surface area contributed by atoms with Crippen LogP contribution in [0.4, 0.5) is 0 Å². The number of pyridine rings is 2. The van der Waals surface area contributed by atoms with Gasteiger partial charge in [0.25, 0.3) is 0 Å². The lowest BCUT2D eigenvalue weighted by Gasteiger charge is -2.07. The highest BCUT2D eigenvalue weighted by atomic mass is 14.9. The highest BCUT2D eigenvalue weighted by molar-refractivity contribution is 5.19. The number of nitrogens with zero attached hydrogens (tertiary/aromatic N) is 6. The third-order valence-electron chi connectivity index (χ3n) is 6.28. The van der Waals surface area contributed by atoms with Gasteiger partial charge in [0, 0.05) is 48.1 Å². The first-order chi connectivity index (χ1) is 18.8. The Bertz CT molecular complexity index is 1230. The number of aromatic nitrogens is 6. The molecule has 4 heterocycles. The summed E-state index contributed by atoms with van der Waals surface area (Å²) in [6, 6.07) is 8.25. The van der Waals surface area contributed by atoms with Crippen LogP contribution in [-0.2, 0) is 0 Å². The molecule has 0 saturated carbocycles. The maximum absolute atomic E-state index is 4.28. The molecule has 4 aromatic heterocycles. The molecule has 0 aromatic carbocycles. The molecule has 40 heavy (non-hydrogen) atoms. The molecule has 0 spiro atoms. The van der Waals surface area contributed by atoms with Gasteiger partial charge in [-0.05, 0) is 85.8 Å². The smallest absolute Gasteiger partial charge is 0.125 e. The molecule has 0 bridgehead atoms.